The van der Waals surface area contributed by atoms with Gasteiger partial charge in [-0.2, -0.15) is 0 Å². The van der Waals surface area contributed by atoms with Gasteiger partial charge in [0.1, 0.15) is 5.56 Å². The summed E-state index contributed by atoms with van der Waals surface area (Å²) in [6.45, 7) is 1.13. The highest BCUT2D eigenvalue weighted by molar-refractivity contribution is 9.10. The fourth-order valence-electron chi connectivity index (χ4n) is 3.06. The van der Waals surface area contributed by atoms with E-state index in [2.05, 4.69) is 36.9 Å². The van der Waals surface area contributed by atoms with Crippen LogP contribution in [0.4, 0.5) is 0 Å². The number of amides is 1. The smallest absolute Gasteiger partial charge is 0.259 e. The monoisotopic (exact) mass is 398 g/mol. The summed E-state index contributed by atoms with van der Waals surface area (Å²) < 4.78 is 6.12. The van der Waals surface area contributed by atoms with Crippen LogP contribution in [0.3, 0.4) is 0 Å². The molecule has 4 rings (SSSR count). The van der Waals surface area contributed by atoms with E-state index in [1.54, 1.807) is 29.4 Å². The summed E-state index contributed by atoms with van der Waals surface area (Å²) in [6, 6.07) is 7.53. The lowest BCUT2D eigenvalue weighted by molar-refractivity contribution is 0.0729. The number of aromatic nitrogens is 3. The minimum absolute atomic E-state index is 0.0805. The van der Waals surface area contributed by atoms with Gasteiger partial charge in [0.25, 0.3) is 5.91 Å². The lowest BCUT2D eigenvalue weighted by Gasteiger charge is -2.28. The van der Waals surface area contributed by atoms with Gasteiger partial charge in [-0.1, -0.05) is 0 Å². The van der Waals surface area contributed by atoms with Gasteiger partial charge >= 0.3 is 0 Å². The van der Waals surface area contributed by atoms with Crippen molar-refractivity contribution in [3.8, 4) is 5.88 Å². The molecule has 4 heterocycles. The maximum Gasteiger partial charge on any atom is 0.259 e. The summed E-state index contributed by atoms with van der Waals surface area (Å²) >= 11 is 3.43. The van der Waals surface area contributed by atoms with Gasteiger partial charge in [0.2, 0.25) is 5.88 Å². The van der Waals surface area contributed by atoms with Crippen LogP contribution in [0.25, 0.3) is 11.0 Å². The molecule has 25 heavy (non-hydrogen) atoms. The molecule has 0 unspecified atom stereocenters. The lowest BCUT2D eigenvalue weighted by Crippen LogP contribution is -2.36. The number of ether oxygens (including phenoxy) is 1. The number of carbonyl (C=O) groups excluding carboxylic acids is 1. The summed E-state index contributed by atoms with van der Waals surface area (Å²) in [7, 11) is 1.52. The lowest BCUT2D eigenvalue weighted by atomic mass is 10.0. The van der Waals surface area contributed by atoms with Gasteiger partial charge in [-0.3, -0.25) is 4.79 Å². The van der Waals surface area contributed by atoms with E-state index in [9.17, 15) is 4.79 Å². The molecule has 6 nitrogen and oxygen atoms in total. The van der Waals surface area contributed by atoms with E-state index in [1.165, 1.54) is 7.11 Å². The van der Waals surface area contributed by atoms with Gasteiger partial charge in [0.15, 0.2) is 5.65 Å². The molecule has 0 aliphatic carbocycles. The molecule has 1 amide bonds. The zero-order valence-electron chi connectivity index (χ0n) is 13.6. The molecule has 0 saturated carbocycles. The van der Waals surface area contributed by atoms with Crippen LogP contribution < -0.4 is 4.74 Å². The molecule has 0 radical (unpaired) electrons. The van der Waals surface area contributed by atoms with Crippen LogP contribution in [-0.2, 0) is 13.0 Å². The average molecular weight is 399 g/mol. The first-order chi connectivity index (χ1) is 12.2. The number of hydrogen-bond acceptors (Lipinski definition) is 5. The van der Waals surface area contributed by atoms with Crippen molar-refractivity contribution in [1.29, 1.82) is 0 Å². The second-order valence-corrected chi connectivity index (χ2v) is 6.75. The molecule has 1 aliphatic rings. The van der Waals surface area contributed by atoms with Crippen molar-refractivity contribution in [1.82, 2.24) is 19.9 Å². The van der Waals surface area contributed by atoms with E-state index >= 15 is 0 Å². The third-order valence-electron chi connectivity index (χ3n) is 4.26. The van der Waals surface area contributed by atoms with Crippen LogP contribution in [-0.4, -0.2) is 39.4 Å². The van der Waals surface area contributed by atoms with Crippen molar-refractivity contribution in [2.75, 3.05) is 13.7 Å². The number of fused-ring (bicyclic) bond motifs is 2. The van der Waals surface area contributed by atoms with Crippen LogP contribution in [0.5, 0.6) is 5.88 Å². The predicted octanol–water partition coefficient (Wildman–Crippen LogP) is 2.99. The Bertz CT molecular complexity index is 976. The standard InChI is InChI=1S/C18H15BrN4O2/c1-25-17-14(3-2-5-20-17)18(24)23-6-4-15-12(10-23)7-11-8-13(19)9-21-16(11)22-15/h2-3,5,7-9H,4,6,10H2,1H3. The molecule has 0 saturated heterocycles. The number of hydrogen-bond donors (Lipinski definition) is 0. The first-order valence-corrected chi connectivity index (χ1v) is 8.67. The first kappa shape index (κ1) is 16.0. The number of methoxy groups -OCH3 is 1. The van der Waals surface area contributed by atoms with E-state index in [1.807, 2.05) is 6.07 Å². The molecule has 0 spiro atoms. The van der Waals surface area contributed by atoms with Crippen molar-refractivity contribution < 1.29 is 9.53 Å². The van der Waals surface area contributed by atoms with E-state index in [-0.39, 0.29) is 5.91 Å². The molecule has 0 bridgehead atoms. The number of pyridine rings is 3. The van der Waals surface area contributed by atoms with Crippen molar-refractivity contribution in [2.45, 2.75) is 13.0 Å². The fraction of sp³-hybridized carbons (Fsp3) is 0.222. The highest BCUT2D eigenvalue weighted by atomic mass is 79.9. The van der Waals surface area contributed by atoms with Crippen molar-refractivity contribution >= 4 is 32.9 Å². The third kappa shape index (κ3) is 2.95. The topological polar surface area (TPSA) is 68.2 Å². The molecule has 1 aliphatic heterocycles. The van der Waals surface area contributed by atoms with Crippen molar-refractivity contribution in [3.05, 3.63) is 58.0 Å². The summed E-state index contributed by atoms with van der Waals surface area (Å²) in [5.41, 5.74) is 3.27. The summed E-state index contributed by atoms with van der Waals surface area (Å²) in [6.07, 6.45) is 4.06. The zero-order chi connectivity index (χ0) is 17.4. The minimum atomic E-state index is -0.0805. The molecule has 3 aromatic rings. The Balaban J connectivity index is 1.67. The molecule has 126 valence electrons. The molecule has 7 heteroatoms. The Kier molecular flexibility index (Phi) is 4.09. The number of nitrogens with zero attached hydrogens (tertiary/aromatic N) is 4. The van der Waals surface area contributed by atoms with Gasteiger partial charge in [-0.25, -0.2) is 15.0 Å². The second-order valence-electron chi connectivity index (χ2n) is 5.83. The van der Waals surface area contributed by atoms with E-state index in [4.69, 9.17) is 4.74 Å². The second kappa shape index (κ2) is 6.40. The minimum Gasteiger partial charge on any atom is -0.480 e. The largest absolute Gasteiger partial charge is 0.480 e. The van der Waals surface area contributed by atoms with Crippen LogP contribution in [0.2, 0.25) is 0 Å². The van der Waals surface area contributed by atoms with Gasteiger partial charge < -0.3 is 9.64 Å². The molecular weight excluding hydrogens is 384 g/mol. The van der Waals surface area contributed by atoms with E-state index in [0.29, 0.717) is 31.0 Å². The zero-order valence-corrected chi connectivity index (χ0v) is 15.2. The average Bonchev–Trinajstić information content (AvgIpc) is 2.65. The van der Waals surface area contributed by atoms with Crippen molar-refractivity contribution in [3.63, 3.8) is 0 Å². The maximum atomic E-state index is 12.9. The number of halogens is 1. The maximum absolute atomic E-state index is 12.9. The molecule has 0 N–H and O–H groups in total. The summed E-state index contributed by atoms with van der Waals surface area (Å²) in [5, 5.41) is 0.960. The number of rotatable bonds is 2. The van der Waals surface area contributed by atoms with Crippen molar-refractivity contribution in [2.24, 2.45) is 0 Å². The Morgan fingerprint density at radius 2 is 2.20 bits per heavy atom. The van der Waals surface area contributed by atoms with E-state index in [0.717, 1.165) is 26.8 Å². The molecule has 0 fully saturated rings. The van der Waals surface area contributed by atoms with Crippen LogP contribution >= 0.6 is 15.9 Å². The first-order valence-electron chi connectivity index (χ1n) is 7.88. The molecular formula is C18H15BrN4O2. The van der Waals surface area contributed by atoms with Crippen LogP contribution in [0, 0.1) is 0 Å². The van der Waals surface area contributed by atoms with Gasteiger partial charge in [0.05, 0.1) is 7.11 Å². The predicted molar refractivity (Wildman–Crippen MR) is 96.5 cm³/mol. The van der Waals surface area contributed by atoms with Crippen LogP contribution in [0.15, 0.2) is 41.1 Å². The third-order valence-corrected chi connectivity index (χ3v) is 4.70. The SMILES string of the molecule is COc1ncccc1C(=O)N1CCc2nc3ncc(Br)cc3cc2C1. The Hall–Kier alpha value is -2.54. The number of carbonyl (C=O) groups is 1. The molecule has 3 aromatic heterocycles. The Morgan fingerprint density at radius 1 is 1.32 bits per heavy atom. The highest BCUT2D eigenvalue weighted by Crippen LogP contribution is 2.25. The van der Waals surface area contributed by atoms with Gasteiger partial charge in [-0.05, 0) is 45.8 Å². The molecule has 0 atom stereocenters. The highest BCUT2D eigenvalue weighted by Gasteiger charge is 2.25. The fourth-order valence-corrected chi connectivity index (χ4v) is 3.41. The summed E-state index contributed by atoms with van der Waals surface area (Å²) in [5.74, 6) is 0.270. The van der Waals surface area contributed by atoms with Crippen LogP contribution in [0.1, 0.15) is 21.6 Å². The Labute approximate surface area is 153 Å². The quantitative estimate of drug-likeness (QED) is 0.663. The molecule has 0 aromatic carbocycles. The van der Waals surface area contributed by atoms with E-state index < -0.39 is 0 Å². The normalized spacial score (nSPS) is 13.6. The van der Waals surface area contributed by atoms with Gasteiger partial charge in [0, 0.05) is 47.5 Å². The van der Waals surface area contributed by atoms with Gasteiger partial charge in [-0.15, -0.1) is 0 Å². The summed E-state index contributed by atoms with van der Waals surface area (Å²) in [4.78, 5) is 27.8. The Morgan fingerprint density at radius 3 is 3.04 bits per heavy atom.